The van der Waals surface area contributed by atoms with Gasteiger partial charge in [-0.25, -0.2) is 0 Å². The maximum Gasteiger partial charge on any atom is 0.311 e. The van der Waals surface area contributed by atoms with Crippen LogP contribution in [0, 0.1) is 0 Å². The molecular formula is C15H29N2O2+. The summed E-state index contributed by atoms with van der Waals surface area (Å²) in [5.74, 6) is -0.176. The Morgan fingerprint density at radius 1 is 1.26 bits per heavy atom. The highest BCUT2D eigenvalue weighted by Gasteiger charge is 2.41. The molecule has 1 fully saturated rings. The van der Waals surface area contributed by atoms with E-state index in [0.29, 0.717) is 19.1 Å². The molecule has 0 amide bonds. The third kappa shape index (κ3) is 5.72. The molecule has 1 saturated heterocycles. The molecule has 0 atom stereocenters. The van der Waals surface area contributed by atoms with Crippen LogP contribution in [0.4, 0.5) is 0 Å². The summed E-state index contributed by atoms with van der Waals surface area (Å²) in [4.78, 5) is 16.2. The number of rotatable bonds is 4. The van der Waals surface area contributed by atoms with Crippen molar-refractivity contribution < 1.29 is 14.8 Å². The second-order valence-corrected chi connectivity index (χ2v) is 7.03. The number of hydrogen-bond acceptors (Lipinski definition) is 3. The number of ether oxygens (including phenoxy) is 1. The van der Waals surface area contributed by atoms with Crippen LogP contribution in [0.5, 0.6) is 0 Å². The van der Waals surface area contributed by atoms with Crippen molar-refractivity contribution in [1.29, 1.82) is 0 Å². The predicted molar refractivity (Wildman–Crippen MR) is 77.5 cm³/mol. The van der Waals surface area contributed by atoms with Gasteiger partial charge in [-0.3, -0.25) is 9.79 Å². The second-order valence-electron chi connectivity index (χ2n) is 7.03. The van der Waals surface area contributed by atoms with Gasteiger partial charge in [-0.2, -0.15) is 0 Å². The van der Waals surface area contributed by atoms with Crippen molar-refractivity contribution in [3.05, 3.63) is 0 Å². The molecule has 0 aromatic rings. The van der Waals surface area contributed by atoms with Gasteiger partial charge in [0.05, 0.1) is 30.1 Å². The van der Waals surface area contributed by atoms with Crippen LogP contribution in [0.3, 0.4) is 0 Å². The van der Waals surface area contributed by atoms with Gasteiger partial charge in [-0.05, 0) is 41.5 Å². The maximum absolute atomic E-state index is 11.4. The smallest absolute Gasteiger partial charge is 0.311 e. The summed E-state index contributed by atoms with van der Waals surface area (Å²) in [5, 5.41) is 2.44. The van der Waals surface area contributed by atoms with Gasteiger partial charge in [0.15, 0.2) is 0 Å². The lowest BCUT2D eigenvalue weighted by Gasteiger charge is -2.41. The van der Waals surface area contributed by atoms with E-state index in [-0.39, 0.29) is 17.0 Å². The SMILES string of the molecule is CCOC(=O)CC(C)=NC1CC(C)(C)[NH2+]C(C)(C)C1. The van der Waals surface area contributed by atoms with Gasteiger partial charge in [-0.15, -0.1) is 0 Å². The van der Waals surface area contributed by atoms with Gasteiger partial charge < -0.3 is 10.1 Å². The molecule has 0 aromatic heterocycles. The van der Waals surface area contributed by atoms with Crippen LogP contribution in [-0.4, -0.2) is 35.4 Å². The predicted octanol–water partition coefficient (Wildman–Crippen LogP) is 1.68. The van der Waals surface area contributed by atoms with E-state index < -0.39 is 0 Å². The molecule has 19 heavy (non-hydrogen) atoms. The first-order valence-corrected chi connectivity index (χ1v) is 7.19. The Labute approximate surface area is 117 Å². The fourth-order valence-corrected chi connectivity index (χ4v) is 3.33. The van der Waals surface area contributed by atoms with E-state index >= 15 is 0 Å². The summed E-state index contributed by atoms with van der Waals surface area (Å²) in [5.41, 5.74) is 1.30. The van der Waals surface area contributed by atoms with Crippen LogP contribution in [0.2, 0.25) is 0 Å². The number of aliphatic imine (C=N–C) groups is 1. The van der Waals surface area contributed by atoms with E-state index in [9.17, 15) is 4.79 Å². The Morgan fingerprint density at radius 3 is 2.26 bits per heavy atom. The van der Waals surface area contributed by atoms with Gasteiger partial charge in [-0.1, -0.05) is 0 Å². The minimum Gasteiger partial charge on any atom is -0.466 e. The fourth-order valence-electron chi connectivity index (χ4n) is 3.33. The quantitative estimate of drug-likeness (QED) is 0.623. The molecular weight excluding hydrogens is 240 g/mol. The van der Waals surface area contributed by atoms with Gasteiger partial charge >= 0.3 is 5.97 Å². The molecule has 0 saturated carbocycles. The number of carbonyl (C=O) groups excluding carboxylic acids is 1. The number of hydrogen-bond donors (Lipinski definition) is 1. The van der Waals surface area contributed by atoms with E-state index in [4.69, 9.17) is 9.73 Å². The first-order valence-electron chi connectivity index (χ1n) is 7.19. The molecule has 1 aliphatic heterocycles. The monoisotopic (exact) mass is 269 g/mol. The van der Waals surface area contributed by atoms with Crippen molar-refractivity contribution in [1.82, 2.24) is 0 Å². The zero-order valence-electron chi connectivity index (χ0n) is 13.2. The molecule has 110 valence electrons. The van der Waals surface area contributed by atoms with E-state index in [0.717, 1.165) is 18.6 Å². The second kappa shape index (κ2) is 6.04. The van der Waals surface area contributed by atoms with Crippen molar-refractivity contribution in [3.63, 3.8) is 0 Å². The Kier molecular flexibility index (Phi) is 5.13. The van der Waals surface area contributed by atoms with E-state index in [2.05, 4.69) is 33.0 Å². The summed E-state index contributed by atoms with van der Waals surface area (Å²) in [6.07, 6.45) is 2.42. The van der Waals surface area contributed by atoms with Crippen molar-refractivity contribution in [3.8, 4) is 0 Å². The lowest BCUT2D eigenvalue weighted by atomic mass is 9.80. The minimum absolute atomic E-state index is 0.176. The fraction of sp³-hybridized carbons (Fsp3) is 0.867. The van der Waals surface area contributed by atoms with Crippen LogP contribution >= 0.6 is 0 Å². The maximum atomic E-state index is 11.4. The van der Waals surface area contributed by atoms with Crippen molar-refractivity contribution in [2.24, 2.45) is 4.99 Å². The molecule has 0 aliphatic carbocycles. The largest absolute Gasteiger partial charge is 0.466 e. The lowest BCUT2D eigenvalue weighted by Crippen LogP contribution is -3.05. The highest BCUT2D eigenvalue weighted by Crippen LogP contribution is 2.24. The molecule has 0 radical (unpaired) electrons. The zero-order valence-corrected chi connectivity index (χ0v) is 13.2. The van der Waals surface area contributed by atoms with Crippen LogP contribution in [0.25, 0.3) is 0 Å². The normalized spacial score (nSPS) is 23.2. The van der Waals surface area contributed by atoms with Gasteiger partial charge in [0.1, 0.15) is 0 Å². The lowest BCUT2D eigenvalue weighted by molar-refractivity contribution is -0.787. The number of piperidine rings is 1. The van der Waals surface area contributed by atoms with Crippen LogP contribution < -0.4 is 5.32 Å². The van der Waals surface area contributed by atoms with Crippen molar-refractivity contribution >= 4 is 11.7 Å². The van der Waals surface area contributed by atoms with Crippen LogP contribution in [0.15, 0.2) is 4.99 Å². The molecule has 1 rings (SSSR count). The molecule has 0 unspecified atom stereocenters. The average molecular weight is 269 g/mol. The molecule has 1 heterocycles. The third-order valence-corrected chi connectivity index (χ3v) is 3.41. The summed E-state index contributed by atoms with van der Waals surface area (Å²) in [6.45, 7) is 13.2. The van der Waals surface area contributed by atoms with Gasteiger partial charge in [0.25, 0.3) is 0 Å². The number of quaternary nitrogens is 1. The number of nitrogens with two attached hydrogens (primary N) is 1. The molecule has 4 heteroatoms. The first kappa shape index (κ1) is 16.2. The highest BCUT2D eigenvalue weighted by molar-refractivity contribution is 5.97. The highest BCUT2D eigenvalue weighted by atomic mass is 16.5. The molecule has 0 bridgehead atoms. The number of esters is 1. The Hall–Kier alpha value is -0.900. The molecule has 0 aromatic carbocycles. The zero-order chi connectivity index (χ0) is 14.7. The average Bonchev–Trinajstić information content (AvgIpc) is 2.10. The summed E-state index contributed by atoms with van der Waals surface area (Å²) in [6, 6.07) is 0.310. The van der Waals surface area contributed by atoms with Crippen LogP contribution in [0.1, 0.15) is 60.8 Å². The van der Waals surface area contributed by atoms with Crippen LogP contribution in [-0.2, 0) is 9.53 Å². The number of carbonyl (C=O) groups is 1. The summed E-state index contributed by atoms with van der Waals surface area (Å²) < 4.78 is 4.96. The molecule has 4 nitrogen and oxygen atoms in total. The Balaban J connectivity index is 2.66. The standard InChI is InChI=1S/C15H28N2O2/c1-7-19-13(18)8-11(2)16-12-9-14(3,4)17-15(5,6)10-12/h12,17H,7-10H2,1-6H3/p+1. The summed E-state index contributed by atoms with van der Waals surface area (Å²) >= 11 is 0. The first-order chi connectivity index (χ1) is 8.63. The molecule has 0 spiro atoms. The van der Waals surface area contributed by atoms with E-state index in [1.54, 1.807) is 0 Å². The Morgan fingerprint density at radius 2 is 1.79 bits per heavy atom. The van der Waals surface area contributed by atoms with E-state index in [1.165, 1.54) is 0 Å². The Bertz CT molecular complexity index is 343. The third-order valence-electron chi connectivity index (χ3n) is 3.41. The van der Waals surface area contributed by atoms with Gasteiger partial charge in [0.2, 0.25) is 0 Å². The molecule has 2 N–H and O–H groups in total. The van der Waals surface area contributed by atoms with Gasteiger partial charge in [0, 0.05) is 18.6 Å². The van der Waals surface area contributed by atoms with E-state index in [1.807, 2.05) is 13.8 Å². The topological polar surface area (TPSA) is 55.3 Å². The van der Waals surface area contributed by atoms with Crippen molar-refractivity contribution in [2.75, 3.05) is 6.61 Å². The van der Waals surface area contributed by atoms with Crippen molar-refractivity contribution in [2.45, 2.75) is 77.9 Å². The minimum atomic E-state index is -0.176. The summed E-state index contributed by atoms with van der Waals surface area (Å²) in [7, 11) is 0. The number of nitrogens with zero attached hydrogens (tertiary/aromatic N) is 1. The molecule has 1 aliphatic rings.